The largest absolute Gasteiger partial charge is 0.392 e. The number of nitro groups is 1. The van der Waals surface area contributed by atoms with Gasteiger partial charge in [-0.25, -0.2) is 0 Å². The van der Waals surface area contributed by atoms with E-state index in [0.29, 0.717) is 6.54 Å². The molecule has 110 valence electrons. The van der Waals surface area contributed by atoms with Crippen LogP contribution >= 0.6 is 0 Å². The summed E-state index contributed by atoms with van der Waals surface area (Å²) >= 11 is 0. The maximum atomic E-state index is 10.6. The lowest BCUT2D eigenvalue weighted by atomic mass is 10.1. The van der Waals surface area contributed by atoms with Gasteiger partial charge in [0, 0.05) is 24.7 Å². The zero-order valence-electron chi connectivity index (χ0n) is 11.8. The smallest absolute Gasteiger partial charge is 0.269 e. The van der Waals surface area contributed by atoms with Gasteiger partial charge in [0.05, 0.1) is 11.5 Å². The second-order valence-electron chi connectivity index (χ2n) is 4.93. The molecule has 2 aromatic rings. The van der Waals surface area contributed by atoms with E-state index in [2.05, 4.69) is 5.32 Å². The molecule has 5 heteroatoms. The van der Waals surface area contributed by atoms with Crippen molar-refractivity contribution in [1.82, 2.24) is 5.32 Å². The maximum absolute atomic E-state index is 10.6. The third kappa shape index (κ3) is 4.11. The average Bonchev–Trinajstić information content (AvgIpc) is 2.53. The highest BCUT2D eigenvalue weighted by atomic mass is 16.6. The third-order valence-corrected chi connectivity index (χ3v) is 3.39. The summed E-state index contributed by atoms with van der Waals surface area (Å²) in [5.41, 5.74) is 3.08. The van der Waals surface area contributed by atoms with Crippen molar-refractivity contribution in [3.05, 3.63) is 75.3 Å². The molecule has 2 rings (SSSR count). The molecule has 0 spiro atoms. The van der Waals surface area contributed by atoms with E-state index in [1.807, 2.05) is 31.2 Å². The summed E-state index contributed by atoms with van der Waals surface area (Å²) in [7, 11) is 0. The zero-order valence-corrected chi connectivity index (χ0v) is 11.8. The lowest BCUT2D eigenvalue weighted by Crippen LogP contribution is -2.18. The lowest BCUT2D eigenvalue weighted by Gasteiger charge is -2.14. The van der Waals surface area contributed by atoms with Crippen LogP contribution in [0.2, 0.25) is 0 Å². The Hall–Kier alpha value is -2.24. The van der Waals surface area contributed by atoms with E-state index in [9.17, 15) is 10.1 Å². The number of non-ortho nitro benzene ring substituents is 1. The van der Waals surface area contributed by atoms with Gasteiger partial charge in [0.25, 0.3) is 5.69 Å². The van der Waals surface area contributed by atoms with E-state index < -0.39 is 4.92 Å². The van der Waals surface area contributed by atoms with Gasteiger partial charge in [-0.15, -0.1) is 0 Å². The minimum absolute atomic E-state index is 0.0335. The van der Waals surface area contributed by atoms with Crippen molar-refractivity contribution in [2.45, 2.75) is 26.1 Å². The number of nitrogens with zero attached hydrogens (tertiary/aromatic N) is 1. The molecule has 0 saturated carbocycles. The Kier molecular flexibility index (Phi) is 5.03. The van der Waals surface area contributed by atoms with Gasteiger partial charge in [0.2, 0.25) is 0 Å². The molecule has 0 aromatic heterocycles. The van der Waals surface area contributed by atoms with E-state index in [0.717, 1.165) is 16.7 Å². The molecule has 0 fully saturated rings. The van der Waals surface area contributed by atoms with Crippen LogP contribution in [0, 0.1) is 10.1 Å². The second kappa shape index (κ2) is 6.97. The normalized spacial score (nSPS) is 12.1. The Morgan fingerprint density at radius 2 is 1.86 bits per heavy atom. The average molecular weight is 286 g/mol. The first-order chi connectivity index (χ1) is 10.1. The van der Waals surface area contributed by atoms with Gasteiger partial charge in [-0.05, 0) is 23.6 Å². The van der Waals surface area contributed by atoms with Gasteiger partial charge >= 0.3 is 0 Å². The van der Waals surface area contributed by atoms with E-state index >= 15 is 0 Å². The van der Waals surface area contributed by atoms with Crippen LogP contribution in [0.15, 0.2) is 48.5 Å². The maximum Gasteiger partial charge on any atom is 0.269 e. The molecule has 0 aliphatic rings. The molecule has 0 amide bonds. The van der Waals surface area contributed by atoms with Crippen molar-refractivity contribution in [3.8, 4) is 0 Å². The Morgan fingerprint density at radius 1 is 1.19 bits per heavy atom. The van der Waals surface area contributed by atoms with Crippen molar-refractivity contribution in [1.29, 1.82) is 0 Å². The van der Waals surface area contributed by atoms with Crippen LogP contribution in [0.3, 0.4) is 0 Å². The molecule has 2 aromatic carbocycles. The van der Waals surface area contributed by atoms with Crippen LogP contribution in [0.25, 0.3) is 0 Å². The van der Waals surface area contributed by atoms with E-state index in [1.165, 1.54) is 12.1 Å². The summed E-state index contributed by atoms with van der Waals surface area (Å²) in [4.78, 5) is 10.2. The number of benzene rings is 2. The van der Waals surface area contributed by atoms with Gasteiger partial charge in [0.1, 0.15) is 0 Å². The molecule has 5 nitrogen and oxygen atoms in total. The number of aliphatic hydroxyl groups is 1. The van der Waals surface area contributed by atoms with Crippen molar-refractivity contribution in [3.63, 3.8) is 0 Å². The van der Waals surface area contributed by atoms with Gasteiger partial charge in [-0.3, -0.25) is 10.1 Å². The topological polar surface area (TPSA) is 75.4 Å². The zero-order chi connectivity index (χ0) is 15.2. The summed E-state index contributed by atoms with van der Waals surface area (Å²) in [6, 6.07) is 14.4. The van der Waals surface area contributed by atoms with Crippen LogP contribution < -0.4 is 5.32 Å². The van der Waals surface area contributed by atoms with Crippen LogP contribution in [-0.2, 0) is 13.2 Å². The lowest BCUT2D eigenvalue weighted by molar-refractivity contribution is -0.384. The Labute approximate surface area is 123 Å². The summed E-state index contributed by atoms with van der Waals surface area (Å²) in [6.45, 7) is 2.72. The van der Waals surface area contributed by atoms with Crippen molar-refractivity contribution in [2.24, 2.45) is 0 Å². The van der Waals surface area contributed by atoms with Crippen molar-refractivity contribution in [2.75, 3.05) is 0 Å². The first-order valence-corrected chi connectivity index (χ1v) is 6.76. The number of aliphatic hydroxyl groups excluding tert-OH is 1. The summed E-state index contributed by atoms with van der Waals surface area (Å²) in [5.74, 6) is 0. The highest BCUT2D eigenvalue weighted by Crippen LogP contribution is 2.18. The monoisotopic (exact) mass is 286 g/mol. The summed E-state index contributed by atoms with van der Waals surface area (Å²) in [5, 5.41) is 23.1. The predicted octanol–water partition coefficient (Wildman–Crippen LogP) is 2.94. The Bertz CT molecular complexity index is 611. The first kappa shape index (κ1) is 15.2. The Balaban J connectivity index is 1.97. The minimum atomic E-state index is -0.401. The fourth-order valence-electron chi connectivity index (χ4n) is 2.11. The van der Waals surface area contributed by atoms with Gasteiger partial charge in [0.15, 0.2) is 0 Å². The fourth-order valence-corrected chi connectivity index (χ4v) is 2.11. The third-order valence-electron chi connectivity index (χ3n) is 3.39. The fraction of sp³-hybridized carbons (Fsp3) is 0.250. The molecule has 0 radical (unpaired) electrons. The molecular formula is C16H18N2O3. The van der Waals surface area contributed by atoms with Crippen molar-refractivity contribution >= 4 is 5.69 Å². The van der Waals surface area contributed by atoms with Crippen molar-refractivity contribution < 1.29 is 10.0 Å². The molecule has 1 unspecified atom stereocenters. The van der Waals surface area contributed by atoms with E-state index in [4.69, 9.17) is 5.11 Å². The Morgan fingerprint density at radius 3 is 2.48 bits per heavy atom. The van der Waals surface area contributed by atoms with E-state index in [1.54, 1.807) is 12.1 Å². The summed E-state index contributed by atoms with van der Waals surface area (Å²) < 4.78 is 0. The molecule has 0 aliphatic carbocycles. The van der Waals surface area contributed by atoms with E-state index in [-0.39, 0.29) is 18.3 Å². The molecule has 0 heterocycles. The molecule has 0 aliphatic heterocycles. The highest BCUT2D eigenvalue weighted by Gasteiger charge is 2.08. The molecular weight excluding hydrogens is 268 g/mol. The van der Waals surface area contributed by atoms with Gasteiger partial charge < -0.3 is 10.4 Å². The number of rotatable bonds is 6. The van der Waals surface area contributed by atoms with Crippen LogP contribution in [-0.4, -0.2) is 10.0 Å². The molecule has 0 saturated heterocycles. The van der Waals surface area contributed by atoms with Crippen LogP contribution in [0.4, 0.5) is 5.69 Å². The molecule has 21 heavy (non-hydrogen) atoms. The predicted molar refractivity (Wildman–Crippen MR) is 80.7 cm³/mol. The highest BCUT2D eigenvalue weighted by molar-refractivity contribution is 5.34. The first-order valence-electron chi connectivity index (χ1n) is 6.76. The number of hydrogen-bond donors (Lipinski definition) is 2. The van der Waals surface area contributed by atoms with Gasteiger partial charge in [-0.1, -0.05) is 36.4 Å². The second-order valence-corrected chi connectivity index (χ2v) is 4.93. The minimum Gasteiger partial charge on any atom is -0.392 e. The molecule has 1 atom stereocenters. The quantitative estimate of drug-likeness (QED) is 0.632. The molecule has 0 bridgehead atoms. The van der Waals surface area contributed by atoms with Gasteiger partial charge in [-0.2, -0.15) is 0 Å². The standard InChI is InChI=1S/C16H18N2O3/c1-12(15-5-7-16(8-6-15)18(20)21)17-10-13-3-2-4-14(9-13)11-19/h2-9,12,17,19H,10-11H2,1H3. The van der Waals surface area contributed by atoms with Crippen LogP contribution in [0.1, 0.15) is 29.7 Å². The number of nitrogens with one attached hydrogen (secondary N) is 1. The summed E-state index contributed by atoms with van der Waals surface area (Å²) in [6.07, 6.45) is 0. The SMILES string of the molecule is CC(NCc1cccc(CO)c1)c1ccc([N+](=O)[O-])cc1. The van der Waals surface area contributed by atoms with Crippen LogP contribution in [0.5, 0.6) is 0 Å². The molecule has 2 N–H and O–H groups in total. The number of hydrogen-bond acceptors (Lipinski definition) is 4. The number of nitro benzene ring substituents is 1.